The molecule has 1 aliphatic heterocycles. The van der Waals surface area contributed by atoms with Crippen LogP contribution >= 0.6 is 0 Å². The number of carbonyl (C=O) groups is 2. The normalized spacial score (nSPS) is 16.4. The molecule has 1 rings (SSSR count). The van der Waals surface area contributed by atoms with Gasteiger partial charge in [-0.15, -0.1) is 0 Å². The number of hydrogen-bond acceptors (Lipinski definition) is 4. The predicted octanol–water partition coefficient (Wildman–Crippen LogP) is 0.247. The van der Waals surface area contributed by atoms with Gasteiger partial charge in [0.15, 0.2) is 0 Å². The van der Waals surface area contributed by atoms with Gasteiger partial charge in [0.1, 0.15) is 6.42 Å². The maximum atomic E-state index is 11.4. The van der Waals surface area contributed by atoms with Gasteiger partial charge in [-0.3, -0.25) is 4.79 Å². The van der Waals surface area contributed by atoms with Crippen LogP contribution in [0.25, 0.3) is 0 Å². The Hall–Kier alpha value is -1.77. The first-order chi connectivity index (χ1) is 7.67. The van der Waals surface area contributed by atoms with E-state index in [1.807, 2.05) is 6.07 Å². The molecule has 0 unspecified atom stereocenters. The Morgan fingerprint density at radius 2 is 2.12 bits per heavy atom. The zero-order valence-electron chi connectivity index (χ0n) is 9.23. The second kappa shape index (κ2) is 5.95. The molecular formula is C10H15N3O3. The third-order valence-corrected chi connectivity index (χ3v) is 2.59. The van der Waals surface area contributed by atoms with Gasteiger partial charge in [0.2, 0.25) is 5.91 Å². The summed E-state index contributed by atoms with van der Waals surface area (Å²) in [7, 11) is 1.32. The summed E-state index contributed by atoms with van der Waals surface area (Å²) in [6.45, 7) is 1.16. The first-order valence-corrected chi connectivity index (χ1v) is 5.16. The molecule has 88 valence electrons. The molecule has 1 aliphatic rings. The van der Waals surface area contributed by atoms with Crippen LogP contribution in [0.1, 0.15) is 19.3 Å². The molecule has 0 saturated carbocycles. The van der Waals surface area contributed by atoms with Gasteiger partial charge in [0.25, 0.3) is 0 Å². The first kappa shape index (κ1) is 12.3. The number of carbonyl (C=O) groups excluding carboxylic acids is 2. The zero-order chi connectivity index (χ0) is 12.0. The maximum Gasteiger partial charge on any atom is 0.407 e. The number of methoxy groups -OCH3 is 1. The molecule has 0 atom stereocenters. The molecule has 0 spiro atoms. The fraction of sp³-hybridized carbons (Fsp3) is 0.700. The van der Waals surface area contributed by atoms with Crippen molar-refractivity contribution in [3.63, 3.8) is 0 Å². The molecular weight excluding hydrogens is 210 g/mol. The number of nitrogens with zero attached hydrogens (tertiary/aromatic N) is 2. The van der Waals surface area contributed by atoms with E-state index in [0.29, 0.717) is 25.9 Å². The monoisotopic (exact) mass is 225 g/mol. The van der Waals surface area contributed by atoms with Crippen molar-refractivity contribution < 1.29 is 14.3 Å². The molecule has 0 radical (unpaired) electrons. The van der Waals surface area contributed by atoms with E-state index in [1.165, 1.54) is 7.11 Å². The highest BCUT2D eigenvalue weighted by Crippen LogP contribution is 2.11. The van der Waals surface area contributed by atoms with Crippen LogP contribution in [-0.4, -0.2) is 43.1 Å². The topological polar surface area (TPSA) is 82.4 Å². The maximum absolute atomic E-state index is 11.4. The van der Waals surface area contributed by atoms with Crippen LogP contribution in [0.4, 0.5) is 4.79 Å². The van der Waals surface area contributed by atoms with Crippen LogP contribution in [-0.2, 0) is 9.53 Å². The molecule has 2 amide bonds. The summed E-state index contributed by atoms with van der Waals surface area (Å²) in [6, 6.07) is 1.89. The van der Waals surface area contributed by atoms with Gasteiger partial charge in [-0.2, -0.15) is 5.26 Å². The van der Waals surface area contributed by atoms with Crippen molar-refractivity contribution in [1.82, 2.24) is 10.2 Å². The van der Waals surface area contributed by atoms with Crippen molar-refractivity contribution in [3.05, 3.63) is 0 Å². The summed E-state index contributed by atoms with van der Waals surface area (Å²) in [6.07, 6.45) is 0.884. The van der Waals surface area contributed by atoms with Crippen molar-refractivity contribution in [1.29, 1.82) is 5.26 Å². The van der Waals surface area contributed by atoms with Gasteiger partial charge in [-0.1, -0.05) is 0 Å². The molecule has 1 N–H and O–H groups in total. The van der Waals surface area contributed by atoms with Crippen LogP contribution in [0.5, 0.6) is 0 Å². The van der Waals surface area contributed by atoms with E-state index in [0.717, 1.165) is 0 Å². The molecule has 6 heteroatoms. The molecule has 0 aromatic heterocycles. The smallest absolute Gasteiger partial charge is 0.407 e. The number of amides is 2. The lowest BCUT2D eigenvalue weighted by molar-refractivity contribution is -0.131. The second-order valence-corrected chi connectivity index (χ2v) is 3.63. The Labute approximate surface area is 94.2 Å². The largest absolute Gasteiger partial charge is 0.453 e. The Morgan fingerprint density at radius 3 is 2.62 bits per heavy atom. The second-order valence-electron chi connectivity index (χ2n) is 3.63. The summed E-state index contributed by atoms with van der Waals surface area (Å²) in [5, 5.41) is 11.1. The van der Waals surface area contributed by atoms with Gasteiger partial charge < -0.3 is 15.0 Å². The van der Waals surface area contributed by atoms with E-state index in [1.54, 1.807) is 4.90 Å². The molecule has 0 aromatic carbocycles. The van der Waals surface area contributed by atoms with Crippen LogP contribution in [0.15, 0.2) is 0 Å². The lowest BCUT2D eigenvalue weighted by atomic mass is 10.1. The fourth-order valence-corrected chi connectivity index (χ4v) is 1.68. The number of nitriles is 1. The highest BCUT2D eigenvalue weighted by atomic mass is 16.5. The van der Waals surface area contributed by atoms with Crippen molar-refractivity contribution in [2.24, 2.45) is 0 Å². The number of piperidine rings is 1. The van der Waals surface area contributed by atoms with Gasteiger partial charge in [0, 0.05) is 19.1 Å². The summed E-state index contributed by atoms with van der Waals surface area (Å²) in [5.41, 5.74) is 0. The van der Waals surface area contributed by atoms with Crippen LogP contribution in [0, 0.1) is 11.3 Å². The summed E-state index contributed by atoms with van der Waals surface area (Å²) in [5.74, 6) is -0.140. The molecule has 6 nitrogen and oxygen atoms in total. The summed E-state index contributed by atoms with van der Waals surface area (Å²) >= 11 is 0. The predicted molar refractivity (Wildman–Crippen MR) is 55.4 cm³/mol. The number of likely N-dealkylation sites (tertiary alicyclic amines) is 1. The highest BCUT2D eigenvalue weighted by Gasteiger charge is 2.23. The highest BCUT2D eigenvalue weighted by molar-refractivity contribution is 5.78. The van der Waals surface area contributed by atoms with Gasteiger partial charge in [0.05, 0.1) is 13.2 Å². The van der Waals surface area contributed by atoms with Gasteiger partial charge >= 0.3 is 6.09 Å². The average molecular weight is 225 g/mol. The molecule has 0 bridgehead atoms. The molecule has 16 heavy (non-hydrogen) atoms. The summed E-state index contributed by atoms with van der Waals surface area (Å²) < 4.78 is 4.49. The van der Waals surface area contributed by atoms with Gasteiger partial charge in [-0.25, -0.2) is 4.79 Å². The van der Waals surface area contributed by atoms with E-state index >= 15 is 0 Å². The number of ether oxygens (including phenoxy) is 1. The van der Waals surface area contributed by atoms with Gasteiger partial charge in [-0.05, 0) is 12.8 Å². The Kier molecular flexibility index (Phi) is 4.58. The van der Waals surface area contributed by atoms with E-state index in [-0.39, 0.29) is 18.4 Å². The van der Waals surface area contributed by atoms with E-state index in [2.05, 4.69) is 10.1 Å². The zero-order valence-corrected chi connectivity index (χ0v) is 9.23. The Bertz CT molecular complexity index is 303. The van der Waals surface area contributed by atoms with Crippen molar-refractivity contribution >= 4 is 12.0 Å². The third-order valence-electron chi connectivity index (χ3n) is 2.59. The first-order valence-electron chi connectivity index (χ1n) is 5.16. The standard InChI is InChI=1S/C10H15N3O3/c1-16-10(15)12-8-3-6-13(7-4-8)9(14)2-5-11/h8H,2-4,6-7H2,1H3,(H,12,15). The molecule has 0 aromatic rings. The van der Waals surface area contributed by atoms with Crippen LogP contribution in [0.3, 0.4) is 0 Å². The third kappa shape index (κ3) is 3.42. The van der Waals surface area contributed by atoms with E-state index in [4.69, 9.17) is 5.26 Å². The lowest BCUT2D eigenvalue weighted by Gasteiger charge is -2.31. The number of hydrogen-bond donors (Lipinski definition) is 1. The molecule has 0 aliphatic carbocycles. The number of alkyl carbamates (subject to hydrolysis) is 1. The van der Waals surface area contributed by atoms with Crippen molar-refractivity contribution in [2.75, 3.05) is 20.2 Å². The number of rotatable bonds is 2. The van der Waals surface area contributed by atoms with Crippen molar-refractivity contribution in [3.8, 4) is 6.07 Å². The minimum Gasteiger partial charge on any atom is -0.453 e. The SMILES string of the molecule is COC(=O)NC1CCN(C(=O)CC#N)CC1. The summed E-state index contributed by atoms with van der Waals surface area (Å²) in [4.78, 5) is 24.0. The van der Waals surface area contributed by atoms with E-state index in [9.17, 15) is 9.59 Å². The fourth-order valence-electron chi connectivity index (χ4n) is 1.68. The van der Waals surface area contributed by atoms with E-state index < -0.39 is 6.09 Å². The average Bonchev–Trinajstić information content (AvgIpc) is 2.30. The molecule has 1 fully saturated rings. The number of nitrogens with one attached hydrogen (secondary N) is 1. The minimum atomic E-state index is -0.443. The quantitative estimate of drug-likeness (QED) is 0.730. The molecule has 1 heterocycles. The minimum absolute atomic E-state index is 0.0542. The Balaban J connectivity index is 2.31. The lowest BCUT2D eigenvalue weighted by Crippen LogP contribution is -2.46. The molecule has 1 saturated heterocycles. The van der Waals surface area contributed by atoms with Crippen LogP contribution in [0.2, 0.25) is 0 Å². The van der Waals surface area contributed by atoms with Crippen molar-refractivity contribution in [2.45, 2.75) is 25.3 Å². The van der Waals surface area contributed by atoms with Crippen LogP contribution < -0.4 is 5.32 Å². The Morgan fingerprint density at radius 1 is 1.50 bits per heavy atom.